The molecule has 2 aromatic rings. The van der Waals surface area contributed by atoms with Gasteiger partial charge in [0.25, 0.3) is 5.89 Å². The molecule has 0 atom stereocenters. The maximum absolute atomic E-state index is 6.05. The van der Waals surface area contributed by atoms with Crippen molar-refractivity contribution < 1.29 is 4.52 Å². The van der Waals surface area contributed by atoms with Gasteiger partial charge in [-0.1, -0.05) is 28.4 Å². The van der Waals surface area contributed by atoms with Gasteiger partial charge >= 0.3 is 0 Å². The summed E-state index contributed by atoms with van der Waals surface area (Å²) in [7, 11) is 1.87. The van der Waals surface area contributed by atoms with Crippen molar-refractivity contribution in [2.24, 2.45) is 0 Å². The standard InChI is InChI=1S/C11H11Cl2N3O/c1-14-5-4-10-15-11(17-16-10)8-3-2-7(12)6-9(8)13/h2-3,6,14H,4-5H2,1H3. The lowest BCUT2D eigenvalue weighted by Gasteiger charge is -1.98. The Morgan fingerprint density at radius 2 is 2.18 bits per heavy atom. The van der Waals surface area contributed by atoms with Crippen LogP contribution in [0.1, 0.15) is 5.82 Å². The predicted molar refractivity (Wildman–Crippen MR) is 67.4 cm³/mol. The van der Waals surface area contributed by atoms with Crippen LogP contribution >= 0.6 is 23.2 Å². The van der Waals surface area contributed by atoms with E-state index in [0.29, 0.717) is 33.7 Å². The van der Waals surface area contributed by atoms with Gasteiger partial charge in [-0.15, -0.1) is 0 Å². The maximum Gasteiger partial charge on any atom is 0.259 e. The van der Waals surface area contributed by atoms with Gasteiger partial charge in [0.2, 0.25) is 0 Å². The van der Waals surface area contributed by atoms with E-state index in [4.69, 9.17) is 27.7 Å². The summed E-state index contributed by atoms with van der Waals surface area (Å²) in [5.74, 6) is 1.07. The first-order chi connectivity index (χ1) is 8.20. The summed E-state index contributed by atoms with van der Waals surface area (Å²) < 4.78 is 5.15. The summed E-state index contributed by atoms with van der Waals surface area (Å²) in [6, 6.07) is 5.15. The molecule has 0 radical (unpaired) electrons. The summed E-state index contributed by atoms with van der Waals surface area (Å²) in [6.45, 7) is 0.799. The molecule has 0 bridgehead atoms. The van der Waals surface area contributed by atoms with E-state index in [1.54, 1.807) is 18.2 Å². The van der Waals surface area contributed by atoms with Crippen LogP contribution in [0.3, 0.4) is 0 Å². The normalized spacial score (nSPS) is 10.8. The quantitative estimate of drug-likeness (QED) is 0.929. The van der Waals surface area contributed by atoms with E-state index < -0.39 is 0 Å². The molecule has 4 nitrogen and oxygen atoms in total. The molecule has 0 aliphatic carbocycles. The average molecular weight is 272 g/mol. The van der Waals surface area contributed by atoms with Crippen LogP contribution in [0.15, 0.2) is 22.7 Å². The molecular formula is C11H11Cl2N3O. The molecule has 0 unspecified atom stereocenters. The van der Waals surface area contributed by atoms with Crippen LogP contribution < -0.4 is 5.32 Å². The molecule has 0 saturated carbocycles. The highest BCUT2D eigenvalue weighted by molar-refractivity contribution is 6.36. The Hall–Kier alpha value is -1.10. The minimum Gasteiger partial charge on any atom is -0.334 e. The molecule has 90 valence electrons. The lowest BCUT2D eigenvalue weighted by atomic mass is 10.2. The second kappa shape index (κ2) is 5.49. The fourth-order valence-corrected chi connectivity index (χ4v) is 1.85. The molecule has 1 aromatic heterocycles. The topological polar surface area (TPSA) is 51.0 Å². The Labute approximate surface area is 109 Å². The summed E-state index contributed by atoms with van der Waals surface area (Å²) in [5, 5.41) is 7.97. The third-order valence-corrected chi connectivity index (χ3v) is 2.78. The lowest BCUT2D eigenvalue weighted by Crippen LogP contribution is -2.10. The van der Waals surface area contributed by atoms with Crippen molar-refractivity contribution in [3.8, 4) is 11.5 Å². The number of hydrogen-bond acceptors (Lipinski definition) is 4. The summed E-state index contributed by atoms with van der Waals surface area (Å²) in [5.41, 5.74) is 0.694. The van der Waals surface area contributed by atoms with Crippen molar-refractivity contribution in [2.75, 3.05) is 13.6 Å². The average Bonchev–Trinajstić information content (AvgIpc) is 2.75. The Bertz CT molecular complexity index is 513. The van der Waals surface area contributed by atoms with E-state index in [1.807, 2.05) is 7.05 Å². The third kappa shape index (κ3) is 2.97. The van der Waals surface area contributed by atoms with E-state index in [9.17, 15) is 0 Å². The molecular weight excluding hydrogens is 261 g/mol. The second-order valence-electron chi connectivity index (χ2n) is 3.49. The van der Waals surface area contributed by atoms with Crippen LogP contribution in [0, 0.1) is 0 Å². The second-order valence-corrected chi connectivity index (χ2v) is 4.34. The van der Waals surface area contributed by atoms with E-state index in [1.165, 1.54) is 0 Å². The molecule has 0 fully saturated rings. The Morgan fingerprint density at radius 3 is 2.88 bits per heavy atom. The number of likely N-dealkylation sites (N-methyl/N-ethyl adjacent to an activating group) is 1. The minimum atomic E-state index is 0.415. The molecule has 0 amide bonds. The highest BCUT2D eigenvalue weighted by atomic mass is 35.5. The third-order valence-electron chi connectivity index (χ3n) is 2.23. The zero-order valence-corrected chi connectivity index (χ0v) is 10.7. The van der Waals surface area contributed by atoms with Crippen molar-refractivity contribution in [1.29, 1.82) is 0 Å². The molecule has 1 heterocycles. The molecule has 1 N–H and O–H groups in total. The van der Waals surface area contributed by atoms with Gasteiger partial charge < -0.3 is 9.84 Å². The number of halogens is 2. The number of nitrogens with zero attached hydrogens (tertiary/aromatic N) is 2. The molecule has 17 heavy (non-hydrogen) atoms. The van der Waals surface area contributed by atoms with Crippen LogP contribution in [0.25, 0.3) is 11.5 Å². The zero-order chi connectivity index (χ0) is 12.3. The van der Waals surface area contributed by atoms with Gasteiger partial charge in [-0.2, -0.15) is 4.98 Å². The van der Waals surface area contributed by atoms with E-state index >= 15 is 0 Å². The van der Waals surface area contributed by atoms with Crippen molar-refractivity contribution in [3.05, 3.63) is 34.1 Å². The first-order valence-corrected chi connectivity index (χ1v) is 5.89. The van der Waals surface area contributed by atoms with Crippen LogP contribution in [-0.2, 0) is 6.42 Å². The van der Waals surface area contributed by atoms with Crippen LogP contribution in [0.4, 0.5) is 0 Å². The maximum atomic E-state index is 6.05. The monoisotopic (exact) mass is 271 g/mol. The van der Waals surface area contributed by atoms with Crippen LogP contribution in [0.2, 0.25) is 10.0 Å². The van der Waals surface area contributed by atoms with Gasteiger partial charge in [-0.25, -0.2) is 0 Å². The Kier molecular flexibility index (Phi) is 3.99. The van der Waals surface area contributed by atoms with E-state index in [-0.39, 0.29) is 0 Å². The van der Waals surface area contributed by atoms with Crippen LogP contribution in [-0.4, -0.2) is 23.7 Å². The largest absolute Gasteiger partial charge is 0.334 e. The summed E-state index contributed by atoms with van der Waals surface area (Å²) in [4.78, 5) is 4.26. The van der Waals surface area contributed by atoms with Crippen molar-refractivity contribution >= 4 is 23.2 Å². The number of nitrogens with one attached hydrogen (secondary N) is 1. The Morgan fingerprint density at radius 1 is 1.35 bits per heavy atom. The Balaban J connectivity index is 2.24. The van der Waals surface area contributed by atoms with Gasteiger partial charge in [-0.3, -0.25) is 0 Å². The smallest absolute Gasteiger partial charge is 0.259 e. The van der Waals surface area contributed by atoms with Gasteiger partial charge in [0.1, 0.15) is 0 Å². The molecule has 1 aromatic carbocycles. The van der Waals surface area contributed by atoms with Crippen LogP contribution in [0.5, 0.6) is 0 Å². The highest BCUT2D eigenvalue weighted by Gasteiger charge is 2.12. The molecule has 0 saturated heterocycles. The minimum absolute atomic E-state index is 0.415. The molecule has 0 aliphatic rings. The first-order valence-electron chi connectivity index (χ1n) is 5.13. The molecule has 2 rings (SSSR count). The van der Waals surface area contributed by atoms with Gasteiger partial charge in [0, 0.05) is 18.0 Å². The summed E-state index contributed by atoms with van der Waals surface area (Å²) >= 11 is 11.9. The number of rotatable bonds is 4. The number of benzene rings is 1. The van der Waals surface area contributed by atoms with E-state index in [0.717, 1.165) is 6.54 Å². The fourth-order valence-electron chi connectivity index (χ4n) is 1.36. The van der Waals surface area contributed by atoms with Crippen molar-refractivity contribution in [2.45, 2.75) is 6.42 Å². The first kappa shape index (κ1) is 12.4. The fraction of sp³-hybridized carbons (Fsp3) is 0.273. The summed E-state index contributed by atoms with van der Waals surface area (Å²) in [6.07, 6.45) is 0.714. The molecule has 0 aliphatic heterocycles. The highest BCUT2D eigenvalue weighted by Crippen LogP contribution is 2.28. The van der Waals surface area contributed by atoms with Gasteiger partial charge in [-0.05, 0) is 25.2 Å². The molecule has 0 spiro atoms. The van der Waals surface area contributed by atoms with Crippen molar-refractivity contribution in [3.63, 3.8) is 0 Å². The van der Waals surface area contributed by atoms with Gasteiger partial charge in [0.05, 0.1) is 10.6 Å². The SMILES string of the molecule is CNCCc1noc(-c2ccc(Cl)cc2Cl)n1. The molecule has 6 heteroatoms. The van der Waals surface area contributed by atoms with Gasteiger partial charge in [0.15, 0.2) is 5.82 Å². The lowest BCUT2D eigenvalue weighted by molar-refractivity contribution is 0.422. The number of hydrogen-bond donors (Lipinski definition) is 1. The predicted octanol–water partition coefficient (Wildman–Crippen LogP) is 2.81. The van der Waals surface area contributed by atoms with Crippen molar-refractivity contribution in [1.82, 2.24) is 15.5 Å². The number of aromatic nitrogens is 2. The van der Waals surface area contributed by atoms with E-state index in [2.05, 4.69) is 15.5 Å². The zero-order valence-electron chi connectivity index (χ0n) is 9.20.